The van der Waals surface area contributed by atoms with Crippen LogP contribution in [-0.2, 0) is 19.6 Å². The molecule has 0 aliphatic rings. The van der Waals surface area contributed by atoms with E-state index in [2.05, 4.69) is 26.0 Å². The molecule has 0 unspecified atom stereocenters. The van der Waals surface area contributed by atoms with Crippen molar-refractivity contribution in [1.29, 1.82) is 0 Å². The summed E-state index contributed by atoms with van der Waals surface area (Å²) < 4.78 is 31.8. The number of amides is 1. The second-order valence-electron chi connectivity index (χ2n) is 3.69. The largest absolute Gasteiger partial charge is 0.383 e. The van der Waals surface area contributed by atoms with Gasteiger partial charge in [0.05, 0.1) is 16.9 Å². The van der Waals surface area contributed by atoms with Gasteiger partial charge in [-0.1, -0.05) is 0 Å². The number of aryl methyl sites for hydroxylation is 1. The van der Waals surface area contributed by atoms with E-state index in [1.165, 1.54) is 7.11 Å². The molecule has 0 bridgehead atoms. The number of nitrogens with one attached hydrogen (secondary N) is 2. The number of carbonyl (C=O) groups excluding carboxylic acids is 1. The molecule has 0 aliphatic carbocycles. The number of thiophene rings is 1. The molecule has 0 atom stereocenters. The molecule has 0 radical (unpaired) electrons. The van der Waals surface area contributed by atoms with Crippen LogP contribution in [0.3, 0.4) is 0 Å². The highest BCUT2D eigenvalue weighted by atomic mass is 79.9. The number of hydrogen-bond donors (Lipinski definition) is 2. The molecule has 19 heavy (non-hydrogen) atoms. The lowest BCUT2D eigenvalue weighted by Crippen LogP contribution is -2.37. The first-order chi connectivity index (χ1) is 8.86. The Kier molecular flexibility index (Phi) is 6.40. The molecule has 0 aromatic carbocycles. The van der Waals surface area contributed by atoms with Gasteiger partial charge in [0.1, 0.15) is 4.21 Å². The average molecular weight is 371 g/mol. The molecule has 1 heterocycles. The number of carbonyl (C=O) groups is 1. The van der Waals surface area contributed by atoms with E-state index in [9.17, 15) is 13.2 Å². The number of sulfonamides is 1. The van der Waals surface area contributed by atoms with Gasteiger partial charge in [-0.15, -0.1) is 11.3 Å². The molecule has 1 rings (SSSR count). The average Bonchev–Trinajstić information content (AvgIpc) is 2.68. The topological polar surface area (TPSA) is 84.5 Å². The fourth-order valence-corrected chi connectivity index (χ4v) is 4.40. The van der Waals surface area contributed by atoms with Crippen LogP contribution in [0, 0.1) is 6.92 Å². The molecule has 0 aliphatic heterocycles. The number of hydrogen-bond acceptors (Lipinski definition) is 5. The quantitative estimate of drug-likeness (QED) is 0.697. The minimum atomic E-state index is -3.64. The van der Waals surface area contributed by atoms with Crippen LogP contribution in [0.4, 0.5) is 0 Å². The summed E-state index contributed by atoms with van der Waals surface area (Å²) in [7, 11) is -2.12. The summed E-state index contributed by atoms with van der Waals surface area (Å²) in [6.07, 6.45) is 0. The van der Waals surface area contributed by atoms with Crippen molar-refractivity contribution in [2.24, 2.45) is 0 Å². The third-order valence-corrected chi connectivity index (χ3v) is 6.16. The standard InChI is InChI=1S/C10H15BrN2O4S2/c1-7-5-9(18-10(7)11)19(15,16)13-6-8(14)12-3-4-17-2/h5,13H,3-4,6H2,1-2H3,(H,12,14). The van der Waals surface area contributed by atoms with Crippen LogP contribution in [0.1, 0.15) is 5.56 Å². The minimum Gasteiger partial charge on any atom is -0.383 e. The Bertz CT molecular complexity index is 522. The van der Waals surface area contributed by atoms with Crippen LogP contribution >= 0.6 is 27.3 Å². The molecule has 1 aromatic heterocycles. The van der Waals surface area contributed by atoms with Gasteiger partial charge in [-0.25, -0.2) is 13.1 Å². The van der Waals surface area contributed by atoms with Crippen LogP contribution in [-0.4, -0.2) is 41.1 Å². The van der Waals surface area contributed by atoms with Crippen molar-refractivity contribution in [2.45, 2.75) is 11.1 Å². The maximum Gasteiger partial charge on any atom is 0.250 e. The lowest BCUT2D eigenvalue weighted by Gasteiger charge is -2.06. The Morgan fingerprint density at radius 1 is 1.53 bits per heavy atom. The van der Waals surface area contributed by atoms with Crippen molar-refractivity contribution >= 4 is 43.2 Å². The molecular formula is C10H15BrN2O4S2. The summed E-state index contributed by atoms with van der Waals surface area (Å²) in [4.78, 5) is 11.4. The summed E-state index contributed by atoms with van der Waals surface area (Å²) in [5.41, 5.74) is 0.843. The number of rotatable bonds is 7. The molecule has 0 saturated carbocycles. The van der Waals surface area contributed by atoms with Crippen LogP contribution in [0.2, 0.25) is 0 Å². The Morgan fingerprint density at radius 2 is 2.21 bits per heavy atom. The lowest BCUT2D eigenvalue weighted by molar-refractivity contribution is -0.120. The van der Waals surface area contributed by atoms with Crippen molar-refractivity contribution in [1.82, 2.24) is 10.0 Å². The SMILES string of the molecule is COCCNC(=O)CNS(=O)(=O)c1cc(C)c(Br)s1. The zero-order valence-corrected chi connectivity index (χ0v) is 13.7. The van der Waals surface area contributed by atoms with Gasteiger partial charge in [-0.3, -0.25) is 4.79 Å². The highest BCUT2D eigenvalue weighted by Crippen LogP contribution is 2.30. The third-order valence-electron chi connectivity index (χ3n) is 2.15. The molecule has 108 valence electrons. The van der Waals surface area contributed by atoms with Crippen molar-refractivity contribution in [3.63, 3.8) is 0 Å². The van der Waals surface area contributed by atoms with Crippen LogP contribution in [0.15, 0.2) is 14.1 Å². The Hall–Kier alpha value is -0.480. The third kappa shape index (κ3) is 5.19. The van der Waals surface area contributed by atoms with E-state index in [1.807, 2.05) is 0 Å². The van der Waals surface area contributed by atoms with Gasteiger partial charge in [-0.05, 0) is 34.5 Å². The van der Waals surface area contributed by atoms with Crippen LogP contribution in [0.25, 0.3) is 0 Å². The zero-order chi connectivity index (χ0) is 14.5. The van der Waals surface area contributed by atoms with Crippen molar-refractivity contribution in [2.75, 3.05) is 26.8 Å². The number of ether oxygens (including phenoxy) is 1. The van der Waals surface area contributed by atoms with E-state index in [1.54, 1.807) is 13.0 Å². The maximum absolute atomic E-state index is 11.9. The summed E-state index contributed by atoms with van der Waals surface area (Å²) in [5.74, 6) is -0.395. The summed E-state index contributed by atoms with van der Waals surface area (Å²) in [6, 6.07) is 1.56. The monoisotopic (exact) mass is 370 g/mol. The summed E-state index contributed by atoms with van der Waals surface area (Å²) >= 11 is 4.37. The lowest BCUT2D eigenvalue weighted by atomic mass is 10.4. The molecule has 2 N–H and O–H groups in total. The Morgan fingerprint density at radius 3 is 2.74 bits per heavy atom. The van der Waals surface area contributed by atoms with E-state index < -0.39 is 15.9 Å². The van der Waals surface area contributed by atoms with Gasteiger partial charge in [-0.2, -0.15) is 0 Å². The maximum atomic E-state index is 11.9. The second-order valence-corrected chi connectivity index (χ2v) is 8.05. The summed E-state index contributed by atoms with van der Waals surface area (Å²) in [6.45, 7) is 2.24. The normalized spacial score (nSPS) is 11.5. The molecule has 0 spiro atoms. The summed E-state index contributed by atoms with van der Waals surface area (Å²) in [5, 5.41) is 2.53. The fraction of sp³-hybridized carbons (Fsp3) is 0.500. The first-order valence-corrected chi connectivity index (χ1v) is 8.47. The molecule has 0 fully saturated rings. The highest BCUT2D eigenvalue weighted by Gasteiger charge is 2.19. The second kappa shape index (κ2) is 7.34. The first kappa shape index (κ1) is 16.6. The molecule has 1 aromatic rings. The van der Waals surface area contributed by atoms with Gasteiger partial charge in [0.15, 0.2) is 0 Å². The predicted octanol–water partition coefficient (Wildman–Crippen LogP) is 0.860. The van der Waals surface area contributed by atoms with Gasteiger partial charge in [0.25, 0.3) is 10.0 Å². The van der Waals surface area contributed by atoms with Crippen molar-refractivity contribution in [3.8, 4) is 0 Å². The predicted molar refractivity (Wildman–Crippen MR) is 76.8 cm³/mol. The van der Waals surface area contributed by atoms with Gasteiger partial charge in [0.2, 0.25) is 5.91 Å². The van der Waals surface area contributed by atoms with Gasteiger partial charge < -0.3 is 10.1 Å². The van der Waals surface area contributed by atoms with Crippen molar-refractivity contribution < 1.29 is 17.9 Å². The molecule has 6 nitrogen and oxygen atoms in total. The van der Waals surface area contributed by atoms with E-state index in [0.717, 1.165) is 20.7 Å². The molecule has 0 saturated heterocycles. The minimum absolute atomic E-state index is 0.182. The Balaban J connectivity index is 2.54. The van der Waals surface area contributed by atoms with E-state index in [4.69, 9.17) is 4.74 Å². The molecule has 1 amide bonds. The smallest absolute Gasteiger partial charge is 0.250 e. The van der Waals surface area contributed by atoms with E-state index in [-0.39, 0.29) is 10.8 Å². The van der Waals surface area contributed by atoms with Crippen LogP contribution < -0.4 is 10.0 Å². The first-order valence-electron chi connectivity index (χ1n) is 5.38. The van der Waals surface area contributed by atoms with Crippen molar-refractivity contribution in [3.05, 3.63) is 15.4 Å². The molecule has 9 heteroatoms. The number of methoxy groups -OCH3 is 1. The zero-order valence-electron chi connectivity index (χ0n) is 10.5. The Labute approximate surface area is 124 Å². The van der Waals surface area contributed by atoms with Crippen LogP contribution in [0.5, 0.6) is 0 Å². The van der Waals surface area contributed by atoms with Gasteiger partial charge >= 0.3 is 0 Å². The molecular weight excluding hydrogens is 356 g/mol. The number of halogens is 1. The van der Waals surface area contributed by atoms with Gasteiger partial charge in [0, 0.05) is 13.7 Å². The highest BCUT2D eigenvalue weighted by molar-refractivity contribution is 9.11. The van der Waals surface area contributed by atoms with E-state index >= 15 is 0 Å². The fourth-order valence-electron chi connectivity index (χ4n) is 1.15. The van der Waals surface area contributed by atoms with E-state index in [0.29, 0.717) is 13.2 Å².